The second kappa shape index (κ2) is 3.62. The Labute approximate surface area is 87.0 Å². The van der Waals surface area contributed by atoms with Crippen molar-refractivity contribution in [2.75, 3.05) is 7.11 Å². The fraction of sp³-hybridized carbons (Fsp3) is 0.364. The number of carbonyl (C=O) groups excluding carboxylic acids is 1. The molecule has 0 fully saturated rings. The molecule has 80 valence electrons. The summed E-state index contributed by atoms with van der Waals surface area (Å²) in [5, 5.41) is 0. The van der Waals surface area contributed by atoms with E-state index in [1.807, 2.05) is 0 Å². The van der Waals surface area contributed by atoms with Crippen LogP contribution in [-0.4, -0.2) is 13.1 Å². The predicted octanol–water partition coefficient (Wildman–Crippen LogP) is 1.49. The fourth-order valence-electron chi connectivity index (χ4n) is 2.11. The van der Waals surface area contributed by atoms with E-state index in [0.717, 1.165) is 0 Å². The number of rotatable bonds is 1. The van der Waals surface area contributed by atoms with Gasteiger partial charge in [0.2, 0.25) is 0 Å². The number of carbonyl (C=O) groups is 1. The van der Waals surface area contributed by atoms with Gasteiger partial charge in [-0.15, -0.1) is 0 Å². The Morgan fingerprint density at radius 2 is 2.33 bits per heavy atom. The number of ether oxygens (including phenoxy) is 1. The number of hydrogen-bond donors (Lipinski definition) is 1. The molecular weight excluding hydrogens is 197 g/mol. The van der Waals surface area contributed by atoms with Crippen molar-refractivity contribution in [2.24, 2.45) is 5.73 Å². The number of hydrogen-bond acceptors (Lipinski definition) is 3. The lowest BCUT2D eigenvalue weighted by Gasteiger charge is -2.07. The highest BCUT2D eigenvalue weighted by molar-refractivity contribution is 5.80. The molecule has 0 aromatic heterocycles. The first-order valence-electron chi connectivity index (χ1n) is 4.77. The summed E-state index contributed by atoms with van der Waals surface area (Å²) in [5.41, 5.74) is 6.90. The summed E-state index contributed by atoms with van der Waals surface area (Å²) in [5.74, 6) is -1.11. The van der Waals surface area contributed by atoms with Gasteiger partial charge in [-0.25, -0.2) is 4.39 Å². The van der Waals surface area contributed by atoms with Crippen LogP contribution in [0.4, 0.5) is 4.39 Å². The van der Waals surface area contributed by atoms with Crippen LogP contribution < -0.4 is 5.73 Å². The van der Waals surface area contributed by atoms with Gasteiger partial charge in [0.15, 0.2) is 0 Å². The van der Waals surface area contributed by atoms with Gasteiger partial charge in [0.1, 0.15) is 5.82 Å². The zero-order valence-electron chi connectivity index (χ0n) is 8.37. The third kappa shape index (κ3) is 1.51. The van der Waals surface area contributed by atoms with E-state index in [1.165, 1.54) is 13.2 Å². The Balaban J connectivity index is 2.47. The van der Waals surface area contributed by atoms with Gasteiger partial charge in [0, 0.05) is 11.6 Å². The molecule has 0 aliphatic heterocycles. The summed E-state index contributed by atoms with van der Waals surface area (Å²) in [7, 11) is 1.32. The molecule has 1 aromatic rings. The van der Waals surface area contributed by atoms with E-state index >= 15 is 0 Å². The molecule has 0 radical (unpaired) electrons. The molecule has 2 unspecified atom stereocenters. The van der Waals surface area contributed by atoms with Gasteiger partial charge in [0.25, 0.3) is 0 Å². The van der Waals surface area contributed by atoms with E-state index in [1.54, 1.807) is 12.1 Å². The van der Waals surface area contributed by atoms with Crippen LogP contribution in [-0.2, 0) is 9.53 Å². The van der Waals surface area contributed by atoms with E-state index in [0.29, 0.717) is 17.5 Å². The van der Waals surface area contributed by atoms with Crippen molar-refractivity contribution >= 4 is 5.97 Å². The van der Waals surface area contributed by atoms with Crippen LogP contribution in [0.3, 0.4) is 0 Å². The first kappa shape index (κ1) is 10.1. The lowest BCUT2D eigenvalue weighted by Crippen LogP contribution is -2.12. The molecule has 3 nitrogen and oxygen atoms in total. The molecule has 0 bridgehead atoms. The molecule has 0 saturated heterocycles. The highest BCUT2D eigenvalue weighted by Gasteiger charge is 2.35. The average molecular weight is 209 g/mol. The minimum Gasteiger partial charge on any atom is -0.469 e. The van der Waals surface area contributed by atoms with E-state index in [-0.39, 0.29) is 11.8 Å². The molecule has 0 heterocycles. The van der Waals surface area contributed by atoms with Crippen LogP contribution in [0, 0.1) is 5.82 Å². The number of halogens is 1. The fourth-order valence-corrected chi connectivity index (χ4v) is 2.11. The minimum absolute atomic E-state index is 0.341. The maximum absolute atomic E-state index is 13.4. The molecule has 1 aliphatic rings. The Kier molecular flexibility index (Phi) is 2.44. The van der Waals surface area contributed by atoms with Crippen molar-refractivity contribution in [3.05, 3.63) is 35.1 Å². The number of esters is 1. The van der Waals surface area contributed by atoms with Crippen molar-refractivity contribution in [2.45, 2.75) is 18.4 Å². The molecule has 0 spiro atoms. The SMILES string of the molecule is COC(=O)C1CC(N)c2c(F)cccc21. The van der Waals surface area contributed by atoms with E-state index < -0.39 is 12.0 Å². The third-order valence-corrected chi connectivity index (χ3v) is 2.81. The van der Waals surface area contributed by atoms with E-state index in [2.05, 4.69) is 4.74 Å². The molecule has 1 aromatic carbocycles. The van der Waals surface area contributed by atoms with Gasteiger partial charge < -0.3 is 10.5 Å². The van der Waals surface area contributed by atoms with Gasteiger partial charge >= 0.3 is 5.97 Å². The zero-order valence-corrected chi connectivity index (χ0v) is 8.37. The molecule has 2 atom stereocenters. The molecule has 2 rings (SSSR count). The molecule has 0 amide bonds. The Bertz CT molecular complexity index is 406. The van der Waals surface area contributed by atoms with Crippen LogP contribution in [0.15, 0.2) is 18.2 Å². The standard InChI is InChI=1S/C11H12FNO2/c1-15-11(14)7-5-9(13)10-6(7)3-2-4-8(10)12/h2-4,7,9H,5,13H2,1H3. The van der Waals surface area contributed by atoms with Crippen molar-refractivity contribution in [1.82, 2.24) is 0 Å². The van der Waals surface area contributed by atoms with Gasteiger partial charge in [-0.05, 0) is 18.1 Å². The highest BCUT2D eigenvalue weighted by atomic mass is 19.1. The number of benzene rings is 1. The topological polar surface area (TPSA) is 52.3 Å². The van der Waals surface area contributed by atoms with E-state index in [4.69, 9.17) is 5.73 Å². The summed E-state index contributed by atoms with van der Waals surface area (Å²) in [4.78, 5) is 11.4. The van der Waals surface area contributed by atoms with Crippen molar-refractivity contribution in [3.63, 3.8) is 0 Å². The van der Waals surface area contributed by atoms with Crippen molar-refractivity contribution < 1.29 is 13.9 Å². The second-order valence-electron chi connectivity index (χ2n) is 3.66. The van der Waals surface area contributed by atoms with E-state index in [9.17, 15) is 9.18 Å². The largest absolute Gasteiger partial charge is 0.469 e. The van der Waals surface area contributed by atoms with Gasteiger partial charge in [-0.3, -0.25) is 4.79 Å². The maximum Gasteiger partial charge on any atom is 0.313 e. The lowest BCUT2D eigenvalue weighted by atomic mass is 10.0. The third-order valence-electron chi connectivity index (χ3n) is 2.81. The second-order valence-corrected chi connectivity index (χ2v) is 3.66. The van der Waals surface area contributed by atoms with Gasteiger partial charge in [0.05, 0.1) is 13.0 Å². The summed E-state index contributed by atoms with van der Waals surface area (Å²) in [6, 6.07) is 4.26. The van der Waals surface area contributed by atoms with Gasteiger partial charge in [-0.2, -0.15) is 0 Å². The Morgan fingerprint density at radius 3 is 3.00 bits per heavy atom. The quantitative estimate of drug-likeness (QED) is 0.713. The maximum atomic E-state index is 13.4. The number of nitrogens with two attached hydrogens (primary N) is 1. The Hall–Kier alpha value is -1.42. The summed E-state index contributed by atoms with van der Waals surface area (Å²) in [6.45, 7) is 0. The monoisotopic (exact) mass is 209 g/mol. The highest BCUT2D eigenvalue weighted by Crippen LogP contribution is 2.40. The van der Waals surface area contributed by atoms with Crippen LogP contribution in [0.1, 0.15) is 29.5 Å². The van der Waals surface area contributed by atoms with Crippen LogP contribution in [0.25, 0.3) is 0 Å². The lowest BCUT2D eigenvalue weighted by molar-refractivity contribution is -0.142. The van der Waals surface area contributed by atoms with Crippen molar-refractivity contribution in [3.8, 4) is 0 Å². The number of fused-ring (bicyclic) bond motifs is 1. The molecule has 15 heavy (non-hydrogen) atoms. The summed E-state index contributed by atoms with van der Waals surface area (Å²) >= 11 is 0. The first-order valence-corrected chi connectivity index (χ1v) is 4.77. The van der Waals surface area contributed by atoms with Crippen LogP contribution in [0.2, 0.25) is 0 Å². The number of methoxy groups -OCH3 is 1. The summed E-state index contributed by atoms with van der Waals surface area (Å²) < 4.78 is 18.1. The van der Waals surface area contributed by atoms with Crippen LogP contribution in [0.5, 0.6) is 0 Å². The summed E-state index contributed by atoms with van der Waals surface area (Å²) in [6.07, 6.45) is 0.420. The predicted molar refractivity (Wildman–Crippen MR) is 52.7 cm³/mol. The molecule has 1 aliphatic carbocycles. The average Bonchev–Trinajstić information content (AvgIpc) is 2.56. The smallest absolute Gasteiger partial charge is 0.313 e. The molecule has 2 N–H and O–H groups in total. The van der Waals surface area contributed by atoms with Gasteiger partial charge in [-0.1, -0.05) is 12.1 Å². The van der Waals surface area contributed by atoms with Crippen LogP contribution >= 0.6 is 0 Å². The molecule has 0 saturated carbocycles. The zero-order chi connectivity index (χ0) is 11.0. The first-order chi connectivity index (χ1) is 7.15. The Morgan fingerprint density at radius 1 is 1.60 bits per heavy atom. The normalized spacial score (nSPS) is 23.7. The molecular formula is C11H12FNO2. The van der Waals surface area contributed by atoms with Crippen molar-refractivity contribution in [1.29, 1.82) is 0 Å². The minimum atomic E-state index is -0.421. The molecule has 4 heteroatoms.